The molecule has 2 aromatic rings. The van der Waals surface area contributed by atoms with E-state index in [-0.39, 0.29) is 11.8 Å². The van der Waals surface area contributed by atoms with Crippen LogP contribution in [0.5, 0.6) is 0 Å². The Morgan fingerprint density at radius 2 is 1.88 bits per heavy atom. The SMILES string of the molecule is CCN(CC)C(=O)[C@@H]1C=C2c3cccc4[nH]cc(c34)C[C@H]2N(C)C1.O=P(O)(O)O[C@H]1O[C@H](CO)[C@H](O)[C@H](O)[C@H]1O. The molecule has 2 aliphatic heterocycles. The Morgan fingerprint density at radius 3 is 2.50 bits per heavy atom. The van der Waals surface area contributed by atoms with Gasteiger partial charge in [0.15, 0.2) is 6.29 Å². The van der Waals surface area contributed by atoms with Crippen molar-refractivity contribution in [1.29, 1.82) is 0 Å². The van der Waals surface area contributed by atoms with Gasteiger partial charge in [0.1, 0.15) is 24.4 Å². The molecule has 7 N–H and O–H groups in total. The minimum atomic E-state index is -4.91. The molecule has 1 aliphatic carbocycles. The number of nitrogens with one attached hydrogen (secondary N) is 1. The number of phosphoric ester groups is 1. The van der Waals surface area contributed by atoms with Crippen molar-refractivity contribution in [3.63, 3.8) is 0 Å². The van der Waals surface area contributed by atoms with Gasteiger partial charge in [0.2, 0.25) is 5.91 Å². The quantitative estimate of drug-likeness (QED) is 0.223. The summed E-state index contributed by atoms with van der Waals surface area (Å²) >= 11 is 0. The van der Waals surface area contributed by atoms with Gasteiger partial charge in [-0.05, 0) is 50.1 Å². The molecule has 3 aliphatic rings. The van der Waals surface area contributed by atoms with Crippen LogP contribution in [0.1, 0.15) is 25.0 Å². The molecular formula is C26H38N3O10P. The van der Waals surface area contributed by atoms with Gasteiger partial charge in [0.05, 0.1) is 12.5 Å². The zero-order valence-electron chi connectivity index (χ0n) is 22.6. The number of nitrogens with zero attached hydrogens (tertiary/aromatic N) is 2. The largest absolute Gasteiger partial charge is 0.472 e. The molecule has 14 heteroatoms. The van der Waals surface area contributed by atoms with Gasteiger partial charge in [-0.2, -0.15) is 0 Å². The van der Waals surface area contributed by atoms with Crippen LogP contribution in [-0.4, -0.2) is 121 Å². The number of carbonyl (C=O) groups excluding carboxylic acids is 1. The van der Waals surface area contributed by atoms with E-state index in [1.807, 2.05) is 4.90 Å². The van der Waals surface area contributed by atoms with E-state index in [0.29, 0.717) is 6.04 Å². The highest BCUT2D eigenvalue weighted by atomic mass is 31.2. The number of aliphatic hydroxyl groups excluding tert-OH is 4. The Balaban J connectivity index is 0.000000202. The van der Waals surface area contributed by atoms with E-state index in [2.05, 4.69) is 70.5 Å². The predicted octanol–water partition coefficient (Wildman–Crippen LogP) is -0.198. The van der Waals surface area contributed by atoms with Crippen molar-refractivity contribution in [2.24, 2.45) is 5.92 Å². The first-order chi connectivity index (χ1) is 18.9. The highest BCUT2D eigenvalue weighted by Gasteiger charge is 2.46. The number of fused-ring (bicyclic) bond motifs is 2. The molecule has 7 atom stereocenters. The summed E-state index contributed by atoms with van der Waals surface area (Å²) in [6.45, 7) is 5.76. The number of likely N-dealkylation sites (N-methyl/N-ethyl adjacent to an activating group) is 1. The van der Waals surface area contributed by atoms with Crippen LogP contribution in [0.2, 0.25) is 0 Å². The Hall–Kier alpha value is -2.16. The van der Waals surface area contributed by atoms with Crippen molar-refractivity contribution in [1.82, 2.24) is 14.8 Å². The number of benzene rings is 1. The lowest BCUT2D eigenvalue weighted by Gasteiger charge is -2.40. The van der Waals surface area contributed by atoms with Gasteiger partial charge < -0.3 is 44.8 Å². The molecule has 3 heterocycles. The van der Waals surface area contributed by atoms with Crippen molar-refractivity contribution in [3.8, 4) is 0 Å². The van der Waals surface area contributed by atoms with E-state index in [1.54, 1.807) is 0 Å². The van der Waals surface area contributed by atoms with Crippen LogP contribution in [0.25, 0.3) is 16.5 Å². The minimum absolute atomic E-state index is 0.0445. The third kappa shape index (κ3) is 6.19. The number of rotatable bonds is 6. The van der Waals surface area contributed by atoms with E-state index in [4.69, 9.17) is 14.9 Å². The predicted molar refractivity (Wildman–Crippen MR) is 145 cm³/mol. The van der Waals surface area contributed by atoms with Crippen molar-refractivity contribution < 1.29 is 48.8 Å². The molecule has 1 aromatic carbocycles. The molecule has 1 aromatic heterocycles. The smallest absolute Gasteiger partial charge is 0.394 e. The van der Waals surface area contributed by atoms with Gasteiger partial charge in [-0.25, -0.2) is 4.57 Å². The molecule has 1 saturated heterocycles. The van der Waals surface area contributed by atoms with Crippen LogP contribution in [0.4, 0.5) is 0 Å². The topological polar surface area (TPSA) is 196 Å². The Labute approximate surface area is 231 Å². The monoisotopic (exact) mass is 583 g/mol. The molecule has 0 radical (unpaired) electrons. The summed E-state index contributed by atoms with van der Waals surface area (Å²) in [6, 6.07) is 6.82. The second kappa shape index (κ2) is 12.4. The molecule has 222 valence electrons. The molecular weight excluding hydrogens is 545 g/mol. The summed E-state index contributed by atoms with van der Waals surface area (Å²) in [5.41, 5.74) is 5.21. The van der Waals surface area contributed by atoms with Gasteiger partial charge in [-0.1, -0.05) is 18.2 Å². The van der Waals surface area contributed by atoms with Crippen LogP contribution >= 0.6 is 7.82 Å². The summed E-state index contributed by atoms with van der Waals surface area (Å²) < 4.78 is 19.2. The first-order valence-corrected chi connectivity index (χ1v) is 14.8. The zero-order chi connectivity index (χ0) is 29.4. The number of hydrogen-bond donors (Lipinski definition) is 7. The zero-order valence-corrected chi connectivity index (χ0v) is 23.5. The lowest BCUT2D eigenvalue weighted by Crippen LogP contribution is -2.58. The van der Waals surface area contributed by atoms with Gasteiger partial charge in [-0.15, -0.1) is 0 Å². The number of aromatic nitrogens is 1. The fraction of sp³-hybridized carbons (Fsp3) is 0.577. The maximum atomic E-state index is 12.9. The third-order valence-electron chi connectivity index (χ3n) is 7.75. The van der Waals surface area contributed by atoms with Gasteiger partial charge >= 0.3 is 7.82 Å². The van der Waals surface area contributed by atoms with Crippen LogP contribution in [0, 0.1) is 5.92 Å². The normalized spacial score (nSPS) is 30.2. The minimum Gasteiger partial charge on any atom is -0.394 e. The van der Waals surface area contributed by atoms with E-state index < -0.39 is 45.1 Å². The fourth-order valence-corrected chi connectivity index (χ4v) is 6.11. The lowest BCUT2D eigenvalue weighted by atomic mass is 9.79. The van der Waals surface area contributed by atoms with Gasteiger partial charge in [0, 0.05) is 42.8 Å². The Kier molecular flexibility index (Phi) is 9.53. The summed E-state index contributed by atoms with van der Waals surface area (Å²) in [6.07, 6.45) is -2.84. The maximum Gasteiger partial charge on any atom is 0.472 e. The fourth-order valence-electron chi connectivity index (χ4n) is 5.66. The van der Waals surface area contributed by atoms with Crippen LogP contribution in [0.3, 0.4) is 0 Å². The maximum absolute atomic E-state index is 12.9. The molecule has 0 spiro atoms. The van der Waals surface area contributed by atoms with Gasteiger partial charge in [-0.3, -0.25) is 14.2 Å². The molecule has 1 amide bonds. The van der Waals surface area contributed by atoms with Crippen molar-refractivity contribution in [3.05, 3.63) is 41.6 Å². The number of hydrogen-bond acceptors (Lipinski definition) is 9. The molecule has 0 saturated carbocycles. The highest BCUT2D eigenvalue weighted by Crippen LogP contribution is 2.42. The Morgan fingerprint density at radius 1 is 1.18 bits per heavy atom. The average molecular weight is 584 g/mol. The Bertz CT molecular complexity index is 1270. The highest BCUT2D eigenvalue weighted by molar-refractivity contribution is 7.46. The lowest BCUT2D eigenvalue weighted by molar-refractivity contribution is -0.280. The van der Waals surface area contributed by atoms with Crippen LogP contribution < -0.4 is 0 Å². The third-order valence-corrected chi connectivity index (χ3v) is 8.23. The molecule has 5 rings (SSSR count). The first-order valence-electron chi connectivity index (χ1n) is 13.2. The second-order valence-electron chi connectivity index (χ2n) is 10.2. The number of amides is 1. The number of H-pyrrole nitrogens is 1. The summed E-state index contributed by atoms with van der Waals surface area (Å²) in [5.74, 6) is 0.210. The van der Waals surface area contributed by atoms with Crippen molar-refractivity contribution >= 4 is 30.2 Å². The van der Waals surface area contributed by atoms with Crippen molar-refractivity contribution in [2.75, 3.05) is 33.3 Å². The number of ether oxygens (including phenoxy) is 1. The van der Waals surface area contributed by atoms with E-state index in [1.165, 1.54) is 27.6 Å². The number of carbonyl (C=O) groups is 1. The molecule has 0 unspecified atom stereocenters. The van der Waals surface area contributed by atoms with Gasteiger partial charge in [0.25, 0.3) is 0 Å². The van der Waals surface area contributed by atoms with Crippen molar-refractivity contribution in [2.45, 2.75) is 57.0 Å². The number of phosphoric acid groups is 1. The van der Waals surface area contributed by atoms with E-state index in [0.717, 1.165) is 26.1 Å². The second-order valence-corrected chi connectivity index (χ2v) is 11.4. The van der Waals surface area contributed by atoms with E-state index >= 15 is 0 Å². The molecule has 40 heavy (non-hydrogen) atoms. The number of aromatic amines is 1. The summed E-state index contributed by atoms with van der Waals surface area (Å²) in [5, 5.41) is 38.0. The molecule has 0 bridgehead atoms. The molecule has 13 nitrogen and oxygen atoms in total. The number of aliphatic hydroxyl groups is 4. The average Bonchev–Trinajstić information content (AvgIpc) is 3.34. The molecule has 1 fully saturated rings. The first kappa shape index (κ1) is 30.8. The summed E-state index contributed by atoms with van der Waals surface area (Å²) in [7, 11) is -2.76. The van der Waals surface area contributed by atoms with E-state index in [9.17, 15) is 24.7 Å². The van der Waals surface area contributed by atoms with Crippen LogP contribution in [-0.2, 0) is 25.0 Å². The standard InChI is InChI=1S/C20H25N3O.C6H13O9P/c1-4-23(5-2)20(24)14-9-16-15-7-6-8-17-19(15)13(11-21-17)10-18(16)22(3)12-14;7-1-2-3(8)4(9)5(10)6(14-2)15-16(11,12)13/h6-9,11,14,18,21H,4-5,10,12H2,1-3H3;2-10H,1H2,(H2,11,12,13)/t14-,18-;2-,3+,4+,5-,6-/m11/s1. The summed E-state index contributed by atoms with van der Waals surface area (Å²) in [4.78, 5) is 37.5. The van der Waals surface area contributed by atoms with Crippen LogP contribution in [0.15, 0.2) is 30.5 Å².